The van der Waals surface area contributed by atoms with Gasteiger partial charge in [-0.25, -0.2) is 13.1 Å². The van der Waals surface area contributed by atoms with E-state index in [2.05, 4.69) is 10.2 Å². The van der Waals surface area contributed by atoms with Crippen LogP contribution in [0.4, 0.5) is 0 Å². The van der Waals surface area contributed by atoms with E-state index in [0.29, 0.717) is 42.2 Å². The van der Waals surface area contributed by atoms with Crippen molar-refractivity contribution in [2.24, 2.45) is 0 Å². The molecule has 1 aliphatic carbocycles. The van der Waals surface area contributed by atoms with E-state index in [1.807, 2.05) is 11.8 Å². The number of sulfonamides is 1. The lowest BCUT2D eigenvalue weighted by molar-refractivity contribution is -0.131. The molecule has 182 valence electrons. The topological polar surface area (TPSA) is 114 Å². The number of aromatic nitrogens is 3. The molecule has 0 saturated heterocycles. The van der Waals surface area contributed by atoms with Crippen molar-refractivity contribution in [1.82, 2.24) is 24.1 Å². The van der Waals surface area contributed by atoms with Crippen molar-refractivity contribution in [2.45, 2.75) is 69.0 Å². The maximum Gasteiger partial charge on any atom is 0.243 e. The quantitative estimate of drug-likeness (QED) is 0.399. The lowest BCUT2D eigenvalue weighted by Crippen LogP contribution is -2.42. The molecule has 2 N–H and O–H groups in total. The zero-order valence-electron chi connectivity index (χ0n) is 19.6. The van der Waals surface area contributed by atoms with E-state index in [-0.39, 0.29) is 16.6 Å². The number of thioether (sulfide) groups is 1. The molecule has 1 aliphatic rings. The summed E-state index contributed by atoms with van der Waals surface area (Å²) in [5.74, 6) is 6.89. The molecule has 3 rings (SSSR count). The molecule has 11 heteroatoms. The van der Waals surface area contributed by atoms with E-state index in [4.69, 9.17) is 5.84 Å². The smallest absolute Gasteiger partial charge is 0.243 e. The van der Waals surface area contributed by atoms with Crippen molar-refractivity contribution in [1.29, 1.82) is 0 Å². The maximum absolute atomic E-state index is 12.9. The van der Waals surface area contributed by atoms with E-state index in [1.165, 1.54) is 40.0 Å². The van der Waals surface area contributed by atoms with Crippen molar-refractivity contribution in [3.63, 3.8) is 0 Å². The molecule has 1 saturated carbocycles. The Morgan fingerprint density at radius 1 is 1.12 bits per heavy atom. The Balaban J connectivity index is 1.74. The van der Waals surface area contributed by atoms with Crippen molar-refractivity contribution < 1.29 is 13.2 Å². The number of amides is 1. The van der Waals surface area contributed by atoms with Crippen LogP contribution in [0.5, 0.6) is 0 Å². The number of hydrogen-bond donors (Lipinski definition) is 1. The van der Waals surface area contributed by atoms with Crippen LogP contribution in [0.1, 0.15) is 52.9 Å². The van der Waals surface area contributed by atoms with Crippen LogP contribution in [0.15, 0.2) is 34.3 Å². The molecular formula is C22H34N6O3S2. The van der Waals surface area contributed by atoms with E-state index >= 15 is 0 Å². The Bertz CT molecular complexity index is 1050. The highest BCUT2D eigenvalue weighted by Gasteiger charge is 2.25. The number of carbonyl (C=O) groups is 1. The minimum Gasteiger partial charge on any atom is -0.339 e. The summed E-state index contributed by atoms with van der Waals surface area (Å²) in [6.07, 6.45) is 5.71. The first-order valence-electron chi connectivity index (χ1n) is 11.6. The van der Waals surface area contributed by atoms with Gasteiger partial charge in [0.1, 0.15) is 0 Å². The molecule has 2 aromatic rings. The highest BCUT2D eigenvalue weighted by Crippen LogP contribution is 2.27. The predicted octanol–water partition coefficient (Wildman–Crippen LogP) is 2.96. The van der Waals surface area contributed by atoms with Crippen LogP contribution in [0.3, 0.4) is 0 Å². The zero-order valence-corrected chi connectivity index (χ0v) is 21.2. The Hall–Kier alpha value is -2.11. The number of hydrogen-bond acceptors (Lipinski definition) is 7. The zero-order chi connectivity index (χ0) is 24.0. The fourth-order valence-electron chi connectivity index (χ4n) is 4.32. The summed E-state index contributed by atoms with van der Waals surface area (Å²) >= 11 is 1.25. The van der Waals surface area contributed by atoms with Crippen LogP contribution in [0.25, 0.3) is 11.4 Å². The molecule has 0 spiro atoms. The van der Waals surface area contributed by atoms with E-state index in [9.17, 15) is 13.2 Å². The first-order chi connectivity index (χ1) is 15.8. The molecule has 0 aliphatic heterocycles. The van der Waals surface area contributed by atoms with Crippen LogP contribution < -0.4 is 5.84 Å². The van der Waals surface area contributed by atoms with Crippen LogP contribution in [-0.2, 0) is 14.8 Å². The number of nitrogen functional groups attached to an aromatic ring is 1. The fourth-order valence-corrected chi connectivity index (χ4v) is 6.57. The normalized spacial score (nSPS) is 15.2. The molecule has 0 radical (unpaired) electrons. The second-order valence-electron chi connectivity index (χ2n) is 8.05. The molecule has 0 bridgehead atoms. The summed E-state index contributed by atoms with van der Waals surface area (Å²) in [5.41, 5.74) is 0.550. The fraction of sp³-hybridized carbons (Fsp3) is 0.591. The van der Waals surface area contributed by atoms with Gasteiger partial charge in [0.15, 0.2) is 5.82 Å². The maximum atomic E-state index is 12.9. The Kier molecular flexibility index (Phi) is 8.77. The summed E-state index contributed by atoms with van der Waals surface area (Å²) in [4.78, 5) is 15.0. The summed E-state index contributed by atoms with van der Waals surface area (Å²) in [5, 5.41) is 8.71. The van der Waals surface area contributed by atoms with Crippen LogP contribution in [0.2, 0.25) is 0 Å². The minimum atomic E-state index is -3.60. The van der Waals surface area contributed by atoms with Crippen molar-refractivity contribution in [3.8, 4) is 11.4 Å². The molecule has 0 unspecified atom stereocenters. The second kappa shape index (κ2) is 11.3. The number of rotatable bonds is 10. The average molecular weight is 495 g/mol. The van der Waals surface area contributed by atoms with Crippen LogP contribution in [0, 0.1) is 0 Å². The van der Waals surface area contributed by atoms with Gasteiger partial charge in [0.05, 0.1) is 10.6 Å². The number of nitrogens with zero attached hydrogens (tertiary/aromatic N) is 5. The van der Waals surface area contributed by atoms with Gasteiger partial charge in [0, 0.05) is 31.2 Å². The highest BCUT2D eigenvalue weighted by atomic mass is 32.2. The lowest BCUT2D eigenvalue weighted by Gasteiger charge is -2.33. The van der Waals surface area contributed by atoms with Gasteiger partial charge in [-0.1, -0.05) is 57.0 Å². The number of carbonyl (C=O) groups excluding carboxylic acids is 1. The Labute approximate surface area is 200 Å². The van der Waals surface area contributed by atoms with E-state index < -0.39 is 10.0 Å². The molecule has 1 aromatic heterocycles. The molecule has 9 nitrogen and oxygen atoms in total. The van der Waals surface area contributed by atoms with Crippen molar-refractivity contribution in [2.75, 3.05) is 31.2 Å². The number of benzene rings is 1. The summed E-state index contributed by atoms with van der Waals surface area (Å²) < 4.78 is 28.5. The lowest BCUT2D eigenvalue weighted by atomic mass is 9.94. The molecule has 1 amide bonds. The van der Waals surface area contributed by atoms with Gasteiger partial charge in [-0.05, 0) is 31.9 Å². The Morgan fingerprint density at radius 2 is 1.82 bits per heavy atom. The van der Waals surface area contributed by atoms with Gasteiger partial charge in [-0.2, -0.15) is 4.31 Å². The Morgan fingerprint density at radius 3 is 2.45 bits per heavy atom. The predicted molar refractivity (Wildman–Crippen MR) is 131 cm³/mol. The van der Waals surface area contributed by atoms with Gasteiger partial charge in [0.25, 0.3) is 0 Å². The largest absolute Gasteiger partial charge is 0.339 e. The van der Waals surface area contributed by atoms with Gasteiger partial charge in [-0.15, -0.1) is 10.2 Å². The van der Waals surface area contributed by atoms with Gasteiger partial charge in [0.2, 0.25) is 21.1 Å². The van der Waals surface area contributed by atoms with Crippen LogP contribution in [-0.4, -0.2) is 69.8 Å². The minimum absolute atomic E-state index is 0.0752. The average Bonchev–Trinajstić information content (AvgIpc) is 3.20. The van der Waals surface area contributed by atoms with Gasteiger partial charge < -0.3 is 10.7 Å². The third-order valence-corrected chi connectivity index (χ3v) is 9.07. The third kappa shape index (κ3) is 5.70. The molecule has 1 heterocycles. The molecule has 0 atom stereocenters. The SMILES string of the molecule is CCN(C(=O)CSc1nnc(-c2cccc(S(=O)(=O)N(CC)CC)c2)n1N)C1CCCCC1. The van der Waals surface area contributed by atoms with Gasteiger partial charge >= 0.3 is 0 Å². The molecule has 1 fully saturated rings. The summed E-state index contributed by atoms with van der Waals surface area (Å²) in [7, 11) is -3.60. The first-order valence-corrected chi connectivity index (χ1v) is 14.0. The monoisotopic (exact) mass is 494 g/mol. The second-order valence-corrected chi connectivity index (χ2v) is 10.9. The number of nitrogens with two attached hydrogens (primary N) is 1. The van der Waals surface area contributed by atoms with Crippen molar-refractivity contribution in [3.05, 3.63) is 24.3 Å². The van der Waals surface area contributed by atoms with Crippen molar-refractivity contribution >= 4 is 27.7 Å². The highest BCUT2D eigenvalue weighted by molar-refractivity contribution is 7.99. The van der Waals surface area contributed by atoms with E-state index in [0.717, 1.165) is 12.8 Å². The third-order valence-electron chi connectivity index (χ3n) is 6.10. The van der Waals surface area contributed by atoms with E-state index in [1.54, 1.807) is 38.1 Å². The standard InChI is InChI=1S/C22H34N6O3S2/c1-4-26(5-2)33(30,31)19-14-10-11-17(15-19)21-24-25-22(28(21)23)32-16-20(29)27(6-3)18-12-8-7-9-13-18/h10-11,14-15,18H,4-9,12-13,16,23H2,1-3H3. The van der Waals surface area contributed by atoms with Gasteiger partial charge in [-0.3, -0.25) is 4.79 Å². The summed E-state index contributed by atoms with van der Waals surface area (Å²) in [6, 6.07) is 6.85. The molecule has 1 aromatic carbocycles. The summed E-state index contributed by atoms with van der Waals surface area (Å²) in [6.45, 7) is 7.10. The molecular weight excluding hydrogens is 460 g/mol. The molecule has 33 heavy (non-hydrogen) atoms. The first kappa shape index (κ1) is 25.5. The van der Waals surface area contributed by atoms with Crippen LogP contribution >= 0.6 is 11.8 Å².